The molecule has 2 saturated carbocycles. The van der Waals surface area contributed by atoms with E-state index in [9.17, 15) is 13.2 Å². The predicted octanol–water partition coefficient (Wildman–Crippen LogP) is 0.515. The lowest BCUT2D eigenvalue weighted by Gasteiger charge is -2.43. The van der Waals surface area contributed by atoms with Crippen molar-refractivity contribution in [2.24, 2.45) is 16.7 Å². The summed E-state index contributed by atoms with van der Waals surface area (Å²) >= 11 is 0. The number of ether oxygens (including phenoxy) is 2. The zero-order valence-electron chi connectivity index (χ0n) is 12.5. The molecule has 0 aromatic carbocycles. The molecule has 3 fully saturated rings. The number of ketones is 1. The van der Waals surface area contributed by atoms with Crippen LogP contribution in [0.1, 0.15) is 26.2 Å². The van der Waals surface area contributed by atoms with Gasteiger partial charge in [0.25, 0.3) is 0 Å². The Balaban J connectivity index is 2.01. The molecular formula is C13H21NO6S. The van der Waals surface area contributed by atoms with Gasteiger partial charge < -0.3 is 9.47 Å². The first-order valence-electron chi connectivity index (χ1n) is 7.04. The third kappa shape index (κ3) is 1.93. The molecule has 0 aromatic rings. The number of carbonyl (C=O) groups is 1. The van der Waals surface area contributed by atoms with Gasteiger partial charge in [-0.05, 0) is 18.8 Å². The van der Waals surface area contributed by atoms with Crippen LogP contribution in [0.15, 0.2) is 0 Å². The molecule has 0 amide bonds. The SMILES string of the molecule is COC(OC)C1(C)C2CCC1(CS(=O)(=O)N1CO1)C(=O)C2. The van der Waals surface area contributed by atoms with Crippen molar-refractivity contribution in [3.8, 4) is 0 Å². The number of hydrogen-bond acceptors (Lipinski definition) is 6. The Morgan fingerprint density at radius 3 is 2.52 bits per heavy atom. The molecule has 0 N–H and O–H groups in total. The molecule has 0 spiro atoms. The second kappa shape index (κ2) is 4.73. The van der Waals surface area contributed by atoms with Crippen LogP contribution in [0.3, 0.4) is 0 Å². The first-order chi connectivity index (χ1) is 9.81. The van der Waals surface area contributed by atoms with Crippen LogP contribution in [-0.4, -0.2) is 51.7 Å². The third-order valence-electron chi connectivity index (χ3n) is 5.66. The van der Waals surface area contributed by atoms with Gasteiger partial charge in [-0.15, -0.1) is 0 Å². The number of hydrogen-bond donors (Lipinski definition) is 0. The van der Waals surface area contributed by atoms with Gasteiger partial charge in [-0.25, -0.2) is 8.42 Å². The first-order valence-corrected chi connectivity index (χ1v) is 8.65. The van der Waals surface area contributed by atoms with Crippen molar-refractivity contribution in [2.45, 2.75) is 32.5 Å². The van der Waals surface area contributed by atoms with E-state index in [1.165, 1.54) is 14.2 Å². The summed E-state index contributed by atoms with van der Waals surface area (Å²) in [4.78, 5) is 17.4. The maximum Gasteiger partial charge on any atom is 0.239 e. The predicted molar refractivity (Wildman–Crippen MR) is 72.3 cm³/mol. The van der Waals surface area contributed by atoms with E-state index >= 15 is 0 Å². The van der Waals surface area contributed by atoms with E-state index in [0.29, 0.717) is 12.8 Å². The molecule has 3 rings (SSSR count). The van der Waals surface area contributed by atoms with Crippen LogP contribution in [0.4, 0.5) is 0 Å². The number of fused-ring (bicyclic) bond motifs is 2. The molecule has 3 aliphatic rings. The van der Waals surface area contributed by atoms with Gasteiger partial charge in [-0.3, -0.25) is 9.63 Å². The van der Waals surface area contributed by atoms with Crippen LogP contribution >= 0.6 is 0 Å². The second-order valence-electron chi connectivity index (χ2n) is 6.35. The molecule has 1 heterocycles. The highest BCUT2D eigenvalue weighted by molar-refractivity contribution is 7.89. The van der Waals surface area contributed by atoms with E-state index in [0.717, 1.165) is 10.9 Å². The van der Waals surface area contributed by atoms with E-state index in [4.69, 9.17) is 14.3 Å². The maximum atomic E-state index is 12.6. The van der Waals surface area contributed by atoms with E-state index in [-0.39, 0.29) is 24.2 Å². The lowest BCUT2D eigenvalue weighted by atomic mass is 9.68. The molecule has 0 aromatic heterocycles. The van der Waals surface area contributed by atoms with E-state index in [2.05, 4.69) is 0 Å². The molecule has 21 heavy (non-hydrogen) atoms. The molecule has 7 nitrogen and oxygen atoms in total. The van der Waals surface area contributed by atoms with Gasteiger partial charge in [-0.1, -0.05) is 11.4 Å². The summed E-state index contributed by atoms with van der Waals surface area (Å²) in [6, 6.07) is 0. The highest BCUT2D eigenvalue weighted by Gasteiger charge is 2.71. The van der Waals surface area contributed by atoms with Gasteiger partial charge in [-0.2, -0.15) is 0 Å². The summed E-state index contributed by atoms with van der Waals surface area (Å²) in [5, 5.41) is 0. The number of methoxy groups -OCH3 is 2. The summed E-state index contributed by atoms with van der Waals surface area (Å²) in [7, 11) is -0.539. The Kier molecular flexibility index (Phi) is 3.46. The van der Waals surface area contributed by atoms with Gasteiger partial charge in [0.15, 0.2) is 13.0 Å². The van der Waals surface area contributed by atoms with Crippen LogP contribution < -0.4 is 0 Å². The lowest BCUT2D eigenvalue weighted by Crippen LogP contribution is -2.51. The standard InChI is InChI=1S/C13H21NO6S/c1-12(11(18-2)19-3)9-4-5-13(12,10(15)6-9)7-21(16,17)14-8-20-14/h9,11H,4-8H2,1-3H3. The highest BCUT2D eigenvalue weighted by atomic mass is 32.2. The summed E-state index contributed by atoms with van der Waals surface area (Å²) in [5.74, 6) is -0.124. The molecule has 2 bridgehead atoms. The summed E-state index contributed by atoms with van der Waals surface area (Å²) < 4.78 is 36.4. The van der Waals surface area contributed by atoms with Crippen LogP contribution in [0, 0.1) is 16.7 Å². The van der Waals surface area contributed by atoms with Crippen molar-refractivity contribution in [2.75, 3.05) is 26.7 Å². The van der Waals surface area contributed by atoms with E-state index < -0.39 is 27.1 Å². The zero-order valence-corrected chi connectivity index (χ0v) is 13.3. The number of nitrogens with zero attached hydrogens (tertiary/aromatic N) is 1. The molecule has 0 radical (unpaired) electrons. The smallest absolute Gasteiger partial charge is 0.239 e. The Morgan fingerprint density at radius 1 is 1.43 bits per heavy atom. The number of Topliss-reactive ketones (excluding diaryl/α,β-unsaturated/α-hetero) is 1. The van der Waals surface area contributed by atoms with Gasteiger partial charge in [0, 0.05) is 26.1 Å². The van der Waals surface area contributed by atoms with Crippen molar-refractivity contribution in [1.82, 2.24) is 4.47 Å². The number of rotatable bonds is 6. The van der Waals surface area contributed by atoms with Crippen molar-refractivity contribution < 1.29 is 27.5 Å². The normalized spacial score (nSPS) is 42.0. The Hall–Kier alpha value is -0.540. The molecule has 1 saturated heterocycles. The van der Waals surface area contributed by atoms with Gasteiger partial charge >= 0.3 is 0 Å². The van der Waals surface area contributed by atoms with Crippen molar-refractivity contribution in [3.05, 3.63) is 0 Å². The highest BCUT2D eigenvalue weighted by Crippen LogP contribution is 2.66. The number of carbonyl (C=O) groups excluding carboxylic acids is 1. The topological polar surface area (TPSA) is 85.2 Å². The summed E-state index contributed by atoms with van der Waals surface area (Å²) in [6.07, 6.45) is 1.18. The van der Waals surface area contributed by atoms with Crippen molar-refractivity contribution in [1.29, 1.82) is 0 Å². The third-order valence-corrected chi connectivity index (χ3v) is 7.34. The molecule has 120 valence electrons. The van der Waals surface area contributed by atoms with Gasteiger partial charge in [0.2, 0.25) is 10.0 Å². The van der Waals surface area contributed by atoms with Crippen LogP contribution in [0.2, 0.25) is 0 Å². The molecule has 4 atom stereocenters. The molecule has 4 unspecified atom stereocenters. The fourth-order valence-corrected chi connectivity index (χ4v) is 6.18. The Morgan fingerprint density at radius 2 is 2.05 bits per heavy atom. The van der Waals surface area contributed by atoms with E-state index in [1.807, 2.05) is 6.92 Å². The molecule has 8 heteroatoms. The van der Waals surface area contributed by atoms with Crippen molar-refractivity contribution >= 4 is 15.8 Å². The maximum absolute atomic E-state index is 12.6. The fraction of sp³-hybridized carbons (Fsp3) is 0.923. The summed E-state index contributed by atoms with van der Waals surface area (Å²) in [6.45, 7) is 2.00. The van der Waals surface area contributed by atoms with Crippen LogP contribution in [0.5, 0.6) is 0 Å². The average Bonchev–Trinajstić information content (AvgIpc) is 3.21. The Bertz CT molecular complexity index is 555. The second-order valence-corrected chi connectivity index (χ2v) is 8.21. The molecular weight excluding hydrogens is 298 g/mol. The van der Waals surface area contributed by atoms with Crippen LogP contribution in [-0.2, 0) is 29.1 Å². The van der Waals surface area contributed by atoms with Gasteiger partial charge in [0.05, 0.1) is 11.2 Å². The molecule has 2 aliphatic carbocycles. The minimum absolute atomic E-state index is 0.00535. The quantitative estimate of drug-likeness (QED) is 0.524. The number of sulfonamides is 1. The van der Waals surface area contributed by atoms with E-state index in [1.54, 1.807) is 0 Å². The average molecular weight is 319 g/mol. The largest absolute Gasteiger partial charge is 0.355 e. The van der Waals surface area contributed by atoms with Crippen LogP contribution in [0.25, 0.3) is 0 Å². The lowest BCUT2D eigenvalue weighted by molar-refractivity contribution is -0.202. The first kappa shape index (κ1) is 15.4. The molecule has 1 aliphatic heterocycles. The number of hydroxylamine groups is 1. The van der Waals surface area contributed by atoms with Gasteiger partial charge in [0.1, 0.15) is 5.78 Å². The Labute approximate surface area is 124 Å². The fourth-order valence-electron chi connectivity index (χ4n) is 4.43. The minimum atomic E-state index is -3.59. The summed E-state index contributed by atoms with van der Waals surface area (Å²) in [5.41, 5.74) is -1.57. The zero-order chi connectivity index (χ0) is 15.5. The monoisotopic (exact) mass is 319 g/mol. The van der Waals surface area contributed by atoms with Crippen molar-refractivity contribution in [3.63, 3.8) is 0 Å². The minimum Gasteiger partial charge on any atom is -0.355 e.